The van der Waals surface area contributed by atoms with Crippen LogP contribution in [0.1, 0.15) is 12.8 Å². The van der Waals surface area contributed by atoms with E-state index in [1.165, 1.54) is 13.2 Å². The molecule has 2 aromatic heterocycles. The number of carbonyl (C=O) groups is 2. The topological polar surface area (TPSA) is 85.6 Å². The van der Waals surface area contributed by atoms with E-state index in [1.54, 1.807) is 41.3 Å². The SMILES string of the molecule is COC(=O)C1(C(=O)Nc2ccc(-c3cnc4cnccn34)c(F)c2)CC1. The maximum absolute atomic E-state index is 14.6. The molecule has 8 heteroatoms. The number of aromatic nitrogens is 3. The van der Waals surface area contributed by atoms with Crippen molar-refractivity contribution >= 4 is 23.2 Å². The van der Waals surface area contributed by atoms with Crippen molar-refractivity contribution < 1.29 is 18.7 Å². The molecule has 132 valence electrons. The van der Waals surface area contributed by atoms with Crippen LogP contribution in [0.3, 0.4) is 0 Å². The summed E-state index contributed by atoms with van der Waals surface area (Å²) in [6, 6.07) is 4.37. The third kappa shape index (κ3) is 2.50. The van der Waals surface area contributed by atoms with Crippen molar-refractivity contribution in [1.82, 2.24) is 14.4 Å². The van der Waals surface area contributed by atoms with Gasteiger partial charge in [0.2, 0.25) is 5.91 Å². The van der Waals surface area contributed by atoms with Gasteiger partial charge in [0.05, 0.1) is 25.2 Å². The third-order valence-corrected chi connectivity index (χ3v) is 4.58. The Labute approximate surface area is 147 Å². The number of fused-ring (bicyclic) bond motifs is 1. The van der Waals surface area contributed by atoms with E-state index in [4.69, 9.17) is 0 Å². The number of hydrogen-bond acceptors (Lipinski definition) is 5. The molecule has 0 radical (unpaired) electrons. The van der Waals surface area contributed by atoms with Crippen LogP contribution < -0.4 is 5.32 Å². The Bertz CT molecular complexity index is 1030. The van der Waals surface area contributed by atoms with Crippen molar-refractivity contribution in [2.24, 2.45) is 5.41 Å². The minimum atomic E-state index is -1.14. The molecule has 7 nitrogen and oxygen atoms in total. The van der Waals surface area contributed by atoms with Crippen LogP contribution in [0, 0.1) is 11.2 Å². The van der Waals surface area contributed by atoms with Crippen LogP contribution in [0.15, 0.2) is 43.0 Å². The number of benzene rings is 1. The maximum atomic E-state index is 14.6. The van der Waals surface area contributed by atoms with Gasteiger partial charge in [-0.15, -0.1) is 0 Å². The maximum Gasteiger partial charge on any atom is 0.321 e. The molecular weight excluding hydrogens is 339 g/mol. The number of amides is 1. The number of hydrogen-bond donors (Lipinski definition) is 1. The van der Waals surface area contributed by atoms with Gasteiger partial charge in [-0.1, -0.05) is 0 Å². The van der Waals surface area contributed by atoms with Gasteiger partial charge in [0, 0.05) is 23.6 Å². The summed E-state index contributed by atoms with van der Waals surface area (Å²) in [7, 11) is 1.25. The first kappa shape index (κ1) is 16.2. The van der Waals surface area contributed by atoms with E-state index < -0.39 is 23.1 Å². The first-order chi connectivity index (χ1) is 12.5. The lowest BCUT2D eigenvalue weighted by Gasteiger charge is -2.13. The lowest BCUT2D eigenvalue weighted by Crippen LogP contribution is -2.32. The molecule has 1 fully saturated rings. The second-order valence-electron chi connectivity index (χ2n) is 6.17. The zero-order chi connectivity index (χ0) is 18.3. The van der Waals surface area contributed by atoms with Crippen LogP contribution in [-0.4, -0.2) is 33.4 Å². The standard InChI is InChI=1S/C18H15FN4O3/c1-26-17(25)18(4-5-18)16(24)22-11-2-3-12(13(19)8-11)14-9-21-15-10-20-6-7-23(14)15/h2-3,6-10H,4-5H2,1H3,(H,22,24). The van der Waals surface area contributed by atoms with Crippen LogP contribution in [0.25, 0.3) is 16.9 Å². The van der Waals surface area contributed by atoms with Gasteiger partial charge >= 0.3 is 5.97 Å². The summed E-state index contributed by atoms with van der Waals surface area (Å²) < 4.78 is 21.0. The number of methoxy groups -OCH3 is 1. The first-order valence-electron chi connectivity index (χ1n) is 8.02. The molecule has 0 unspecified atom stereocenters. The predicted octanol–water partition coefficient (Wildman–Crippen LogP) is 2.43. The highest BCUT2D eigenvalue weighted by Gasteiger charge is 2.57. The van der Waals surface area contributed by atoms with Gasteiger partial charge in [0.25, 0.3) is 0 Å². The second kappa shape index (κ2) is 5.91. The lowest BCUT2D eigenvalue weighted by atomic mass is 10.1. The normalized spacial score (nSPS) is 14.8. The molecule has 1 aliphatic carbocycles. The summed E-state index contributed by atoms with van der Waals surface area (Å²) in [6.45, 7) is 0. The van der Waals surface area contributed by atoms with E-state index in [2.05, 4.69) is 20.0 Å². The van der Waals surface area contributed by atoms with Crippen LogP contribution in [0.2, 0.25) is 0 Å². The Kier molecular flexibility index (Phi) is 3.68. The predicted molar refractivity (Wildman–Crippen MR) is 90.7 cm³/mol. The van der Waals surface area contributed by atoms with Crippen molar-refractivity contribution in [3.63, 3.8) is 0 Å². The van der Waals surface area contributed by atoms with Crippen LogP contribution in [0.5, 0.6) is 0 Å². The van der Waals surface area contributed by atoms with Gasteiger partial charge in [0.1, 0.15) is 11.2 Å². The number of esters is 1. The molecule has 26 heavy (non-hydrogen) atoms. The number of halogens is 1. The molecule has 3 aromatic rings. The second-order valence-corrected chi connectivity index (χ2v) is 6.17. The van der Waals surface area contributed by atoms with Crippen molar-refractivity contribution in [1.29, 1.82) is 0 Å². The summed E-state index contributed by atoms with van der Waals surface area (Å²) in [5.74, 6) is -1.55. The zero-order valence-corrected chi connectivity index (χ0v) is 13.9. The molecule has 0 aliphatic heterocycles. The minimum absolute atomic E-state index is 0.280. The van der Waals surface area contributed by atoms with Gasteiger partial charge in [-0.25, -0.2) is 9.37 Å². The quantitative estimate of drug-likeness (QED) is 0.574. The summed E-state index contributed by atoms with van der Waals surface area (Å²) in [5.41, 5.74) is 0.662. The van der Waals surface area contributed by atoms with Gasteiger partial charge < -0.3 is 10.1 Å². The number of nitrogens with one attached hydrogen (secondary N) is 1. The first-order valence-corrected chi connectivity index (χ1v) is 8.02. The average molecular weight is 354 g/mol. The molecule has 0 bridgehead atoms. The van der Waals surface area contributed by atoms with E-state index in [9.17, 15) is 14.0 Å². The van der Waals surface area contributed by atoms with Crippen LogP contribution >= 0.6 is 0 Å². The van der Waals surface area contributed by atoms with Crippen molar-refractivity contribution in [3.05, 3.63) is 48.8 Å². The molecule has 1 N–H and O–H groups in total. The van der Waals surface area contributed by atoms with Gasteiger partial charge in [-0.2, -0.15) is 0 Å². The van der Waals surface area contributed by atoms with Gasteiger partial charge in [0.15, 0.2) is 5.65 Å². The molecule has 1 aliphatic rings. The molecule has 0 saturated heterocycles. The van der Waals surface area contributed by atoms with E-state index in [-0.39, 0.29) is 5.69 Å². The highest BCUT2D eigenvalue weighted by Crippen LogP contribution is 2.47. The Morgan fingerprint density at radius 3 is 2.81 bits per heavy atom. The highest BCUT2D eigenvalue weighted by atomic mass is 19.1. The molecule has 4 rings (SSSR count). The summed E-state index contributed by atoms with van der Waals surface area (Å²) in [5, 5.41) is 2.60. The van der Waals surface area contributed by atoms with E-state index in [0.717, 1.165) is 0 Å². The fourth-order valence-corrected chi connectivity index (χ4v) is 2.94. The van der Waals surface area contributed by atoms with Gasteiger partial charge in [-0.3, -0.25) is 19.0 Å². The monoisotopic (exact) mass is 354 g/mol. The van der Waals surface area contributed by atoms with E-state index in [1.807, 2.05) is 0 Å². The number of nitrogens with zero attached hydrogens (tertiary/aromatic N) is 3. The third-order valence-electron chi connectivity index (χ3n) is 4.58. The van der Waals surface area contributed by atoms with Gasteiger partial charge in [-0.05, 0) is 31.0 Å². The average Bonchev–Trinajstić information content (AvgIpc) is 3.36. The number of anilines is 1. The smallest absolute Gasteiger partial charge is 0.321 e. The van der Waals surface area contributed by atoms with E-state index >= 15 is 0 Å². The molecule has 1 amide bonds. The minimum Gasteiger partial charge on any atom is -0.468 e. The molecule has 0 spiro atoms. The van der Waals surface area contributed by atoms with Crippen molar-refractivity contribution in [2.75, 3.05) is 12.4 Å². The summed E-state index contributed by atoms with van der Waals surface area (Å²) >= 11 is 0. The number of imidazole rings is 1. The van der Waals surface area contributed by atoms with Crippen molar-refractivity contribution in [2.45, 2.75) is 12.8 Å². The van der Waals surface area contributed by atoms with E-state index in [0.29, 0.717) is 29.7 Å². The summed E-state index contributed by atoms with van der Waals surface area (Å²) in [6.07, 6.45) is 7.29. The Morgan fingerprint density at radius 2 is 2.12 bits per heavy atom. The number of rotatable bonds is 4. The Balaban J connectivity index is 1.61. The van der Waals surface area contributed by atoms with Crippen LogP contribution in [-0.2, 0) is 14.3 Å². The zero-order valence-electron chi connectivity index (χ0n) is 13.9. The van der Waals surface area contributed by atoms with Crippen LogP contribution in [0.4, 0.5) is 10.1 Å². The fourth-order valence-electron chi connectivity index (χ4n) is 2.94. The summed E-state index contributed by atoms with van der Waals surface area (Å²) in [4.78, 5) is 32.3. The Hall–Kier alpha value is -3.29. The number of ether oxygens (including phenoxy) is 1. The fraction of sp³-hybridized carbons (Fsp3) is 0.222. The molecule has 0 atom stereocenters. The molecule has 2 heterocycles. The molecule has 1 aromatic carbocycles. The lowest BCUT2D eigenvalue weighted by molar-refractivity contribution is -0.150. The Morgan fingerprint density at radius 1 is 1.31 bits per heavy atom. The highest BCUT2D eigenvalue weighted by molar-refractivity contribution is 6.11. The molecule has 1 saturated carbocycles. The largest absolute Gasteiger partial charge is 0.468 e. The number of carbonyl (C=O) groups excluding carboxylic acids is 2. The van der Waals surface area contributed by atoms with Crippen molar-refractivity contribution in [3.8, 4) is 11.3 Å². The molecular formula is C18H15FN4O3.